The van der Waals surface area contributed by atoms with Crippen LogP contribution in [0.5, 0.6) is 0 Å². The number of likely N-dealkylation sites (tertiary alicyclic amines) is 2. The first-order valence-electron chi connectivity index (χ1n) is 7.48. The SMILES string of the molecule is ClC(CN1CCCCC1)C(Cl)CN1CCCCC1. The predicted octanol–water partition coefficient (Wildman–Crippen LogP) is 3.17. The van der Waals surface area contributed by atoms with Crippen molar-refractivity contribution < 1.29 is 0 Å². The maximum absolute atomic E-state index is 6.48. The highest BCUT2D eigenvalue weighted by atomic mass is 35.5. The van der Waals surface area contributed by atoms with Gasteiger partial charge in [0.05, 0.1) is 10.8 Å². The summed E-state index contributed by atoms with van der Waals surface area (Å²) in [6.07, 6.45) is 8.04. The van der Waals surface area contributed by atoms with Crippen molar-refractivity contribution in [1.82, 2.24) is 9.80 Å². The third-order valence-corrected chi connectivity index (χ3v) is 5.17. The minimum atomic E-state index is 0.0895. The summed E-state index contributed by atoms with van der Waals surface area (Å²) in [7, 11) is 0. The van der Waals surface area contributed by atoms with Gasteiger partial charge in [-0.05, 0) is 51.9 Å². The van der Waals surface area contributed by atoms with Crippen molar-refractivity contribution >= 4 is 23.2 Å². The van der Waals surface area contributed by atoms with Crippen LogP contribution in [0.4, 0.5) is 0 Å². The Morgan fingerprint density at radius 2 is 0.944 bits per heavy atom. The van der Waals surface area contributed by atoms with Crippen LogP contribution < -0.4 is 0 Å². The summed E-state index contributed by atoms with van der Waals surface area (Å²) in [4.78, 5) is 4.96. The van der Waals surface area contributed by atoms with Crippen molar-refractivity contribution in [3.8, 4) is 0 Å². The van der Waals surface area contributed by atoms with Gasteiger partial charge in [0.1, 0.15) is 0 Å². The largest absolute Gasteiger partial charge is 0.302 e. The highest BCUT2D eigenvalue weighted by Gasteiger charge is 2.23. The van der Waals surface area contributed by atoms with Crippen molar-refractivity contribution in [2.75, 3.05) is 39.3 Å². The highest BCUT2D eigenvalue weighted by Crippen LogP contribution is 2.18. The van der Waals surface area contributed by atoms with Gasteiger partial charge < -0.3 is 9.80 Å². The Hall–Kier alpha value is 0.500. The van der Waals surface area contributed by atoms with Crippen LogP contribution in [0.15, 0.2) is 0 Å². The van der Waals surface area contributed by atoms with E-state index in [-0.39, 0.29) is 10.8 Å². The summed E-state index contributed by atoms with van der Waals surface area (Å²) < 4.78 is 0. The van der Waals surface area contributed by atoms with Crippen LogP contribution in [0, 0.1) is 0 Å². The minimum absolute atomic E-state index is 0.0895. The highest BCUT2D eigenvalue weighted by molar-refractivity contribution is 6.30. The third kappa shape index (κ3) is 4.88. The van der Waals surface area contributed by atoms with E-state index in [1.807, 2.05) is 0 Å². The van der Waals surface area contributed by atoms with Gasteiger partial charge in [-0.25, -0.2) is 0 Å². The zero-order chi connectivity index (χ0) is 12.8. The van der Waals surface area contributed by atoms with Crippen molar-refractivity contribution in [2.45, 2.75) is 49.3 Å². The number of nitrogens with zero attached hydrogens (tertiary/aromatic N) is 2. The fourth-order valence-electron chi connectivity index (χ4n) is 3.01. The van der Waals surface area contributed by atoms with Crippen LogP contribution in [0.1, 0.15) is 38.5 Å². The van der Waals surface area contributed by atoms with E-state index in [9.17, 15) is 0 Å². The Morgan fingerprint density at radius 1 is 0.611 bits per heavy atom. The fraction of sp³-hybridized carbons (Fsp3) is 1.00. The molecule has 2 heterocycles. The Morgan fingerprint density at radius 3 is 1.28 bits per heavy atom. The maximum atomic E-state index is 6.48. The molecule has 2 nitrogen and oxygen atoms in total. The van der Waals surface area contributed by atoms with E-state index in [1.54, 1.807) is 0 Å². The summed E-state index contributed by atoms with van der Waals surface area (Å²) in [5.41, 5.74) is 0. The lowest BCUT2D eigenvalue weighted by atomic mass is 10.1. The molecule has 0 aromatic heterocycles. The molecule has 2 aliphatic heterocycles. The third-order valence-electron chi connectivity index (χ3n) is 4.16. The van der Waals surface area contributed by atoms with Gasteiger partial charge in [0.25, 0.3) is 0 Å². The first-order valence-corrected chi connectivity index (χ1v) is 8.36. The second-order valence-corrected chi connectivity index (χ2v) is 6.88. The molecule has 106 valence electrons. The smallest absolute Gasteiger partial charge is 0.0639 e. The van der Waals surface area contributed by atoms with E-state index in [2.05, 4.69) is 9.80 Å². The molecular formula is C14H26Cl2N2. The van der Waals surface area contributed by atoms with Crippen LogP contribution >= 0.6 is 23.2 Å². The van der Waals surface area contributed by atoms with Gasteiger partial charge in [0, 0.05) is 13.1 Å². The zero-order valence-electron chi connectivity index (χ0n) is 11.3. The van der Waals surface area contributed by atoms with E-state index in [0.717, 1.165) is 13.1 Å². The van der Waals surface area contributed by atoms with Gasteiger partial charge in [-0.1, -0.05) is 12.8 Å². The quantitative estimate of drug-likeness (QED) is 0.718. The number of alkyl halides is 2. The van der Waals surface area contributed by atoms with E-state index >= 15 is 0 Å². The van der Waals surface area contributed by atoms with Gasteiger partial charge in [0.15, 0.2) is 0 Å². The van der Waals surface area contributed by atoms with Gasteiger partial charge in [-0.3, -0.25) is 0 Å². The second kappa shape index (κ2) is 7.94. The molecule has 0 aromatic carbocycles. The Bertz CT molecular complexity index is 202. The average Bonchev–Trinajstić information content (AvgIpc) is 2.41. The summed E-state index contributed by atoms with van der Waals surface area (Å²) in [6, 6.07) is 0. The molecule has 18 heavy (non-hydrogen) atoms. The van der Waals surface area contributed by atoms with E-state index < -0.39 is 0 Å². The van der Waals surface area contributed by atoms with E-state index in [4.69, 9.17) is 23.2 Å². The van der Waals surface area contributed by atoms with Gasteiger partial charge in [0.2, 0.25) is 0 Å². The van der Waals surface area contributed by atoms with Crippen molar-refractivity contribution in [1.29, 1.82) is 0 Å². The Labute approximate surface area is 122 Å². The lowest BCUT2D eigenvalue weighted by Gasteiger charge is -2.32. The molecule has 2 atom stereocenters. The number of hydrogen-bond donors (Lipinski definition) is 0. The lowest BCUT2D eigenvalue weighted by molar-refractivity contribution is 0.205. The van der Waals surface area contributed by atoms with E-state index in [0.29, 0.717) is 0 Å². The predicted molar refractivity (Wildman–Crippen MR) is 79.9 cm³/mol. The fourth-order valence-corrected chi connectivity index (χ4v) is 3.56. The zero-order valence-corrected chi connectivity index (χ0v) is 12.8. The number of piperidine rings is 2. The maximum Gasteiger partial charge on any atom is 0.0639 e. The van der Waals surface area contributed by atoms with Crippen molar-refractivity contribution in [2.24, 2.45) is 0 Å². The van der Waals surface area contributed by atoms with Crippen LogP contribution in [0.3, 0.4) is 0 Å². The average molecular weight is 293 g/mol. The number of rotatable bonds is 5. The molecule has 2 saturated heterocycles. The first kappa shape index (κ1) is 14.9. The molecule has 2 rings (SSSR count). The Kier molecular flexibility index (Phi) is 6.57. The molecule has 0 spiro atoms. The second-order valence-electron chi connectivity index (χ2n) is 5.75. The molecule has 0 aliphatic carbocycles. The molecule has 0 radical (unpaired) electrons. The summed E-state index contributed by atoms with van der Waals surface area (Å²) >= 11 is 13.0. The summed E-state index contributed by atoms with van der Waals surface area (Å²) in [5.74, 6) is 0. The normalized spacial score (nSPS) is 27.0. The molecule has 0 amide bonds. The van der Waals surface area contributed by atoms with Crippen molar-refractivity contribution in [3.05, 3.63) is 0 Å². The summed E-state index contributed by atoms with van der Waals surface area (Å²) in [6.45, 7) is 6.74. The van der Waals surface area contributed by atoms with Crippen LogP contribution in [0.25, 0.3) is 0 Å². The Balaban J connectivity index is 1.68. The monoisotopic (exact) mass is 292 g/mol. The lowest BCUT2D eigenvalue weighted by Crippen LogP contribution is -2.42. The summed E-state index contributed by atoms with van der Waals surface area (Å²) in [5, 5.41) is 0.179. The van der Waals surface area contributed by atoms with E-state index in [1.165, 1.54) is 64.7 Å². The molecule has 0 saturated carbocycles. The molecule has 2 unspecified atom stereocenters. The van der Waals surface area contributed by atoms with Crippen LogP contribution in [-0.4, -0.2) is 59.8 Å². The molecule has 0 N–H and O–H groups in total. The van der Waals surface area contributed by atoms with Crippen LogP contribution in [-0.2, 0) is 0 Å². The topological polar surface area (TPSA) is 6.48 Å². The van der Waals surface area contributed by atoms with Crippen LogP contribution in [0.2, 0.25) is 0 Å². The van der Waals surface area contributed by atoms with Gasteiger partial charge >= 0.3 is 0 Å². The number of halogens is 2. The molecule has 4 heteroatoms. The molecule has 2 fully saturated rings. The molecular weight excluding hydrogens is 267 g/mol. The molecule has 0 aromatic rings. The minimum Gasteiger partial charge on any atom is -0.302 e. The first-order chi connectivity index (χ1) is 8.75. The standard InChI is InChI=1S/C14H26Cl2N2/c15-13(11-17-7-3-1-4-8-17)14(16)12-18-9-5-2-6-10-18/h13-14H,1-12H2. The van der Waals surface area contributed by atoms with Gasteiger partial charge in [-0.15, -0.1) is 23.2 Å². The van der Waals surface area contributed by atoms with Gasteiger partial charge in [-0.2, -0.15) is 0 Å². The molecule has 0 bridgehead atoms. The number of hydrogen-bond acceptors (Lipinski definition) is 2. The van der Waals surface area contributed by atoms with Crippen molar-refractivity contribution in [3.63, 3.8) is 0 Å². The molecule has 2 aliphatic rings.